The van der Waals surface area contributed by atoms with E-state index in [1.807, 2.05) is 0 Å². The molecule has 1 aliphatic heterocycles. The van der Waals surface area contributed by atoms with Crippen molar-refractivity contribution in [1.29, 1.82) is 0 Å². The third-order valence-electron chi connectivity index (χ3n) is 2.87. The van der Waals surface area contributed by atoms with Crippen molar-refractivity contribution in [3.63, 3.8) is 0 Å². The number of rotatable bonds is 1. The van der Waals surface area contributed by atoms with Crippen LogP contribution in [-0.2, 0) is 6.54 Å². The number of fused-ring (bicyclic) bond motifs is 1. The maximum absolute atomic E-state index is 13.0. The molecule has 0 spiro atoms. The summed E-state index contributed by atoms with van der Waals surface area (Å²) in [6.07, 6.45) is 3.39. The maximum atomic E-state index is 13.0. The average molecular weight is 311 g/mol. The topological polar surface area (TPSA) is 42.2 Å². The Kier molecular flexibility index (Phi) is 3.46. The molecule has 0 fully saturated rings. The van der Waals surface area contributed by atoms with E-state index in [4.69, 9.17) is 23.2 Å². The largest absolute Gasteiger partial charge is 0.324 e. The Bertz CT molecular complexity index is 699. The number of hydrogen-bond donors (Lipinski definition) is 1. The Balaban J connectivity index is 2.04. The second kappa shape index (κ2) is 5.26. The summed E-state index contributed by atoms with van der Waals surface area (Å²) in [5.74, 6) is 1.44. The molecule has 0 atom stereocenters. The van der Waals surface area contributed by atoms with Crippen LogP contribution in [0.2, 0.25) is 0 Å². The maximum Gasteiger partial charge on any atom is 0.148 e. The number of aromatic nitrogens is 2. The molecule has 102 valence electrons. The molecule has 0 saturated carbocycles. The summed E-state index contributed by atoms with van der Waals surface area (Å²) in [7, 11) is 0. The molecular formula is C13H9Cl2FN4. The number of imidazole rings is 1. The van der Waals surface area contributed by atoms with Crippen LogP contribution in [0, 0.1) is 5.82 Å². The van der Waals surface area contributed by atoms with Crippen molar-refractivity contribution in [1.82, 2.24) is 14.9 Å². The van der Waals surface area contributed by atoms with E-state index in [-0.39, 0.29) is 10.3 Å². The van der Waals surface area contributed by atoms with Crippen molar-refractivity contribution in [3.05, 3.63) is 58.4 Å². The van der Waals surface area contributed by atoms with Crippen LogP contribution in [0.15, 0.2) is 46.1 Å². The molecule has 7 heteroatoms. The smallest absolute Gasteiger partial charge is 0.148 e. The standard InChI is InChI=1S/C13H9Cl2FN4/c14-11(15)13-19-12(8-1-3-9(16)4-2-8)18-7-10-17-5-6-20(10)13/h1-6H,7H2,(H,18,19). The second-order valence-electron chi connectivity index (χ2n) is 4.12. The van der Waals surface area contributed by atoms with Crippen molar-refractivity contribution in [2.75, 3.05) is 0 Å². The van der Waals surface area contributed by atoms with Crippen LogP contribution in [0.25, 0.3) is 5.82 Å². The van der Waals surface area contributed by atoms with Gasteiger partial charge >= 0.3 is 0 Å². The number of benzene rings is 1. The Hall–Kier alpha value is -1.85. The Labute approximate surface area is 124 Å². The highest BCUT2D eigenvalue weighted by molar-refractivity contribution is 6.58. The van der Waals surface area contributed by atoms with E-state index in [9.17, 15) is 4.39 Å². The highest BCUT2D eigenvalue weighted by atomic mass is 35.5. The molecule has 1 aromatic heterocycles. The lowest BCUT2D eigenvalue weighted by Crippen LogP contribution is -2.25. The molecule has 0 aliphatic carbocycles. The zero-order chi connectivity index (χ0) is 14.1. The summed E-state index contributed by atoms with van der Waals surface area (Å²) >= 11 is 11.8. The molecule has 0 bridgehead atoms. The zero-order valence-corrected chi connectivity index (χ0v) is 11.7. The Morgan fingerprint density at radius 1 is 1.25 bits per heavy atom. The first-order valence-electron chi connectivity index (χ1n) is 5.80. The van der Waals surface area contributed by atoms with E-state index in [1.165, 1.54) is 12.1 Å². The van der Waals surface area contributed by atoms with E-state index in [1.54, 1.807) is 29.1 Å². The van der Waals surface area contributed by atoms with Gasteiger partial charge in [-0.1, -0.05) is 23.2 Å². The van der Waals surface area contributed by atoms with Crippen LogP contribution >= 0.6 is 23.2 Å². The number of hydrogen-bond acceptors (Lipinski definition) is 3. The third kappa shape index (κ3) is 2.42. The number of halogens is 3. The van der Waals surface area contributed by atoms with E-state index in [0.717, 1.165) is 5.56 Å². The van der Waals surface area contributed by atoms with Crippen LogP contribution in [0.4, 0.5) is 4.39 Å². The molecule has 0 saturated heterocycles. The van der Waals surface area contributed by atoms with Crippen LogP contribution < -0.4 is 5.32 Å². The van der Waals surface area contributed by atoms with Crippen LogP contribution in [-0.4, -0.2) is 15.4 Å². The molecule has 4 nitrogen and oxygen atoms in total. The Morgan fingerprint density at radius 3 is 2.70 bits per heavy atom. The van der Waals surface area contributed by atoms with E-state index >= 15 is 0 Å². The monoisotopic (exact) mass is 310 g/mol. The van der Waals surface area contributed by atoms with Gasteiger partial charge in [-0.15, -0.1) is 0 Å². The second-order valence-corrected chi connectivity index (χ2v) is 5.07. The summed E-state index contributed by atoms with van der Waals surface area (Å²) in [6, 6.07) is 6.01. The summed E-state index contributed by atoms with van der Waals surface area (Å²) in [4.78, 5) is 8.61. The fourth-order valence-corrected chi connectivity index (χ4v) is 2.20. The molecular weight excluding hydrogens is 302 g/mol. The van der Waals surface area contributed by atoms with Gasteiger partial charge < -0.3 is 5.32 Å². The molecule has 1 N–H and O–H groups in total. The quantitative estimate of drug-likeness (QED) is 0.879. The van der Waals surface area contributed by atoms with Crippen LogP contribution in [0.5, 0.6) is 0 Å². The first kappa shape index (κ1) is 13.1. The van der Waals surface area contributed by atoms with Gasteiger partial charge in [0.25, 0.3) is 0 Å². The average Bonchev–Trinajstić information content (AvgIpc) is 2.81. The van der Waals surface area contributed by atoms with Gasteiger partial charge in [0.05, 0.1) is 6.54 Å². The van der Waals surface area contributed by atoms with Crippen molar-refractivity contribution in [3.8, 4) is 0 Å². The van der Waals surface area contributed by atoms with Gasteiger partial charge in [0, 0.05) is 18.0 Å². The first-order chi connectivity index (χ1) is 9.65. The van der Waals surface area contributed by atoms with E-state index < -0.39 is 0 Å². The number of nitrogens with zero attached hydrogens (tertiary/aromatic N) is 3. The minimum atomic E-state index is -0.304. The first-order valence-corrected chi connectivity index (χ1v) is 6.56. The van der Waals surface area contributed by atoms with Crippen LogP contribution in [0.3, 0.4) is 0 Å². The predicted octanol–water partition coefficient (Wildman–Crippen LogP) is 3.13. The van der Waals surface area contributed by atoms with Crippen LogP contribution in [0.1, 0.15) is 11.4 Å². The molecule has 2 aromatic rings. The van der Waals surface area contributed by atoms with Gasteiger partial charge in [0.15, 0.2) is 0 Å². The Morgan fingerprint density at radius 2 is 2.00 bits per heavy atom. The minimum Gasteiger partial charge on any atom is -0.324 e. The molecule has 0 unspecified atom stereocenters. The van der Waals surface area contributed by atoms with E-state index in [2.05, 4.69) is 15.3 Å². The predicted molar refractivity (Wildman–Crippen MR) is 76.9 cm³/mol. The van der Waals surface area contributed by atoms with Gasteiger partial charge in [0.2, 0.25) is 0 Å². The van der Waals surface area contributed by atoms with Gasteiger partial charge in [0.1, 0.15) is 27.8 Å². The molecule has 1 aromatic carbocycles. The summed E-state index contributed by atoms with van der Waals surface area (Å²) in [5, 5.41) is 3.06. The minimum absolute atomic E-state index is 0.0703. The number of amidine groups is 1. The van der Waals surface area contributed by atoms with Gasteiger partial charge in [-0.3, -0.25) is 9.56 Å². The summed E-state index contributed by atoms with van der Waals surface area (Å²) < 4.78 is 14.8. The molecule has 3 rings (SSSR count). The lowest BCUT2D eigenvalue weighted by molar-refractivity contribution is 0.627. The lowest BCUT2D eigenvalue weighted by Gasteiger charge is -2.12. The molecule has 1 aliphatic rings. The third-order valence-corrected chi connectivity index (χ3v) is 3.23. The molecule has 0 radical (unpaired) electrons. The lowest BCUT2D eigenvalue weighted by atomic mass is 10.2. The van der Waals surface area contributed by atoms with Crippen molar-refractivity contribution in [2.45, 2.75) is 6.54 Å². The summed E-state index contributed by atoms with van der Waals surface area (Å²) in [6.45, 7) is 0.372. The zero-order valence-electron chi connectivity index (χ0n) is 10.1. The highest BCUT2D eigenvalue weighted by Gasteiger charge is 2.17. The van der Waals surface area contributed by atoms with Gasteiger partial charge in [-0.05, 0) is 24.3 Å². The molecule has 20 heavy (non-hydrogen) atoms. The SMILES string of the molecule is Fc1ccc(C2=NCc3nccn3C(=C(Cl)Cl)N2)cc1. The molecule has 2 heterocycles. The van der Waals surface area contributed by atoms with E-state index in [0.29, 0.717) is 24.0 Å². The fraction of sp³-hybridized carbons (Fsp3) is 0.0769. The number of nitrogens with one attached hydrogen (secondary N) is 1. The number of aliphatic imine (C=N–C) groups is 1. The normalized spacial score (nSPS) is 14.2. The molecule has 0 amide bonds. The van der Waals surface area contributed by atoms with Crippen molar-refractivity contribution in [2.24, 2.45) is 4.99 Å². The van der Waals surface area contributed by atoms with Crippen molar-refractivity contribution >= 4 is 34.9 Å². The van der Waals surface area contributed by atoms with Gasteiger partial charge in [-0.25, -0.2) is 9.37 Å². The van der Waals surface area contributed by atoms with Crippen molar-refractivity contribution < 1.29 is 4.39 Å². The summed E-state index contributed by atoms with van der Waals surface area (Å²) in [5.41, 5.74) is 0.740. The highest BCUT2D eigenvalue weighted by Crippen LogP contribution is 2.21. The fourth-order valence-electron chi connectivity index (χ4n) is 1.93. The van der Waals surface area contributed by atoms with Gasteiger partial charge in [-0.2, -0.15) is 0 Å².